The molecule has 0 atom stereocenters. The topological polar surface area (TPSA) is 12.0 Å². The van der Waals surface area contributed by atoms with Crippen molar-refractivity contribution in [2.24, 2.45) is 0 Å². The Bertz CT molecular complexity index is 1880. The molecule has 0 amide bonds. The van der Waals surface area contributed by atoms with E-state index in [0.29, 0.717) is 6.04 Å². The number of quaternary nitrogens is 1. The minimum absolute atomic E-state index is 0.165. The molecule has 5 aromatic carbocycles. The molecule has 1 fully saturated rings. The van der Waals surface area contributed by atoms with Gasteiger partial charge in [-0.05, 0) is 0 Å². The first-order chi connectivity index (χ1) is 26.8. The van der Waals surface area contributed by atoms with Gasteiger partial charge in [-0.25, -0.2) is 0 Å². The number of nitrogens with zero attached hydrogens (tertiary/aromatic N) is 1. The normalized spacial score (nSPS) is 16.6. The van der Waals surface area contributed by atoms with Gasteiger partial charge >= 0.3 is 344 Å². The molecule has 6 rings (SSSR count). The Kier molecular flexibility index (Phi) is 13.9. The molecule has 0 spiro atoms. The Hall–Kier alpha value is -3.38. The van der Waals surface area contributed by atoms with Crippen LogP contribution in [0.3, 0.4) is 0 Å². The molecule has 5 aromatic rings. The number of hydrogen-bond acceptors (Lipinski definition) is 1. The summed E-state index contributed by atoms with van der Waals surface area (Å²) in [5, 5.41) is 8.73. The van der Waals surface area contributed by atoms with Gasteiger partial charge in [0.15, 0.2) is 0 Å². The second-order valence-electron chi connectivity index (χ2n) is 19.0. The summed E-state index contributed by atoms with van der Waals surface area (Å²) < 4.78 is 1.11. The Morgan fingerprint density at radius 2 is 1.02 bits per heavy atom. The third-order valence-corrected chi connectivity index (χ3v) is 23.5. The first-order valence-corrected chi connectivity index (χ1v) is 26.4. The van der Waals surface area contributed by atoms with E-state index in [2.05, 4.69) is 199 Å². The fourth-order valence-corrected chi connectivity index (χ4v) is 20.9. The van der Waals surface area contributed by atoms with Gasteiger partial charge < -0.3 is 0 Å². The number of benzene rings is 5. The molecule has 56 heavy (non-hydrogen) atoms. The summed E-state index contributed by atoms with van der Waals surface area (Å²) in [4.78, 5) is 0. The molecule has 1 saturated heterocycles. The second-order valence-corrected chi connectivity index (χ2v) is 27.7. The van der Waals surface area contributed by atoms with Crippen LogP contribution in [0.2, 0.25) is 0 Å². The molecule has 1 N–H and O–H groups in total. The summed E-state index contributed by atoms with van der Waals surface area (Å²) in [6, 6.07) is 56.4. The number of unbranched alkanes of at least 4 members (excludes halogenated alkanes) is 1. The zero-order chi connectivity index (χ0) is 39.7. The van der Waals surface area contributed by atoms with E-state index in [0.717, 1.165) is 16.8 Å². The van der Waals surface area contributed by atoms with Crippen molar-refractivity contribution in [1.29, 1.82) is 0 Å². The maximum absolute atomic E-state index is 4.03. The Labute approximate surface area is 342 Å². The van der Waals surface area contributed by atoms with E-state index in [1.807, 2.05) is 6.08 Å². The van der Waals surface area contributed by atoms with Gasteiger partial charge in [-0.1, -0.05) is 0 Å². The van der Waals surface area contributed by atoms with Crippen molar-refractivity contribution < 1.29 is 4.48 Å². The van der Waals surface area contributed by atoms with E-state index in [4.69, 9.17) is 0 Å². The van der Waals surface area contributed by atoms with Crippen molar-refractivity contribution in [1.82, 2.24) is 5.32 Å². The van der Waals surface area contributed by atoms with Gasteiger partial charge in [0.25, 0.3) is 0 Å². The van der Waals surface area contributed by atoms with Crippen LogP contribution in [-0.2, 0) is 12.3 Å². The quantitative estimate of drug-likeness (QED) is 0.0530. The van der Waals surface area contributed by atoms with Gasteiger partial charge in [-0.2, -0.15) is 0 Å². The zero-order valence-corrected chi connectivity index (χ0v) is 37.4. The molecule has 1 aliphatic rings. The summed E-state index contributed by atoms with van der Waals surface area (Å²) in [5.41, 5.74) is 4.45. The first kappa shape index (κ1) is 42.2. The van der Waals surface area contributed by atoms with Crippen molar-refractivity contribution in [2.45, 2.75) is 89.2 Å². The summed E-state index contributed by atoms with van der Waals surface area (Å²) in [6.45, 7) is 14.9. The third kappa shape index (κ3) is 10.8. The van der Waals surface area contributed by atoms with Gasteiger partial charge in [-0.15, -0.1) is 0 Å². The van der Waals surface area contributed by atoms with Crippen molar-refractivity contribution >= 4 is 36.5 Å². The van der Waals surface area contributed by atoms with Crippen LogP contribution in [-0.4, -0.2) is 60.7 Å². The summed E-state index contributed by atoms with van der Waals surface area (Å²) in [6.07, 6.45) is 14.4. The molecule has 0 saturated carbocycles. The first-order valence-electron chi connectivity index (χ1n) is 21.4. The molecule has 2 nitrogen and oxygen atoms in total. The van der Waals surface area contributed by atoms with Gasteiger partial charge in [0, 0.05) is 0 Å². The molecule has 298 valence electrons. The van der Waals surface area contributed by atoms with Gasteiger partial charge in [0.05, 0.1) is 0 Å². The Morgan fingerprint density at radius 1 is 0.571 bits per heavy atom. The molecule has 1 aliphatic heterocycles. The van der Waals surface area contributed by atoms with Crippen LogP contribution in [0.25, 0.3) is 6.08 Å². The summed E-state index contributed by atoms with van der Waals surface area (Å²) >= 11 is 0. The summed E-state index contributed by atoms with van der Waals surface area (Å²) in [5.74, 6) is 0. The molecule has 0 radical (unpaired) electrons. The van der Waals surface area contributed by atoms with Gasteiger partial charge in [-0.3, -0.25) is 0 Å². The summed E-state index contributed by atoms with van der Waals surface area (Å²) in [7, 11) is 0.781. The molecule has 1 heterocycles. The maximum atomic E-state index is 4.03. The zero-order valence-electron chi connectivity index (χ0n) is 35.4. The minimum atomic E-state index is -2.13. The van der Waals surface area contributed by atoms with Crippen LogP contribution >= 0.6 is 14.5 Å². The molecular weight excluding hydrogens is 715 g/mol. The Morgan fingerprint density at radius 3 is 1.52 bits per heavy atom. The van der Waals surface area contributed by atoms with Crippen LogP contribution in [0.15, 0.2) is 152 Å². The van der Waals surface area contributed by atoms with E-state index < -0.39 is 14.5 Å². The second kappa shape index (κ2) is 18.5. The standard InChI is InChI=1S/C52H71N2P2/c1-8-44-32-34-46(35-33-44)43-55(48-26-15-10-16-27-48,42-45-24-13-9-14-25-45)37-23-39-56(49-28-17-11-18-29-49,50-30-19-12-20-31-50)38-22-21-36-54(6,7)47-40-51(2,3)53-52(4,5)41-47/h8-20,24-35,47,53,55-56H,1,21-23,36-43H2,2-7H3/q+1. The van der Waals surface area contributed by atoms with Crippen LogP contribution < -0.4 is 21.2 Å². The molecule has 4 heteroatoms. The SMILES string of the molecule is C=Cc1ccc(C[PH](CCC[PH](CCCC[N+](C)(C)C2CC(C)(C)NC(C)(C)C2)(c2ccccc2)c2ccccc2)(Cc2ccccc2)c2ccccc2)cc1. The number of hydrogen-bond donors (Lipinski definition) is 1. The molecular formula is C52H71N2P2+. The molecule has 0 unspecified atom stereocenters. The third-order valence-electron chi connectivity index (χ3n) is 13.2. The van der Waals surface area contributed by atoms with Crippen LogP contribution in [0.5, 0.6) is 0 Å². The van der Waals surface area contributed by atoms with Crippen molar-refractivity contribution in [3.05, 3.63) is 169 Å². The van der Waals surface area contributed by atoms with Gasteiger partial charge in [0.2, 0.25) is 0 Å². The molecule has 0 aromatic heterocycles. The van der Waals surface area contributed by atoms with E-state index >= 15 is 0 Å². The number of rotatable bonds is 18. The average molecular weight is 786 g/mol. The fraction of sp³-hybridized carbons (Fsp3) is 0.385. The van der Waals surface area contributed by atoms with Crippen molar-refractivity contribution in [3.8, 4) is 0 Å². The molecule has 0 bridgehead atoms. The Balaban J connectivity index is 1.31. The van der Waals surface area contributed by atoms with Gasteiger partial charge in [0.1, 0.15) is 0 Å². The van der Waals surface area contributed by atoms with Crippen LogP contribution in [0, 0.1) is 0 Å². The van der Waals surface area contributed by atoms with E-state index in [-0.39, 0.29) is 11.1 Å². The predicted molar refractivity (Wildman–Crippen MR) is 255 cm³/mol. The number of nitrogens with one attached hydrogen (secondary N) is 1. The van der Waals surface area contributed by atoms with E-state index in [1.54, 1.807) is 15.9 Å². The number of piperidine rings is 1. The van der Waals surface area contributed by atoms with Crippen molar-refractivity contribution in [3.63, 3.8) is 0 Å². The van der Waals surface area contributed by atoms with Crippen LogP contribution in [0.4, 0.5) is 0 Å². The monoisotopic (exact) mass is 786 g/mol. The predicted octanol–water partition coefficient (Wildman–Crippen LogP) is 11.1. The van der Waals surface area contributed by atoms with Crippen LogP contribution in [0.1, 0.15) is 76.5 Å². The van der Waals surface area contributed by atoms with Crippen molar-refractivity contribution in [2.75, 3.05) is 39.1 Å². The van der Waals surface area contributed by atoms with E-state index in [1.165, 1.54) is 73.8 Å². The van der Waals surface area contributed by atoms with E-state index in [9.17, 15) is 0 Å². The molecule has 0 aliphatic carbocycles. The average Bonchev–Trinajstić information content (AvgIpc) is 3.19. The fourth-order valence-electron chi connectivity index (χ4n) is 10.5.